The smallest absolute Gasteiger partial charge is 0.328 e. The number of aliphatic carboxylic acids is 1. The van der Waals surface area contributed by atoms with Crippen molar-refractivity contribution in [2.45, 2.75) is 0 Å². The van der Waals surface area contributed by atoms with E-state index in [1.165, 1.54) is 18.2 Å². The van der Waals surface area contributed by atoms with Crippen LogP contribution in [0.1, 0.15) is 5.56 Å². The largest absolute Gasteiger partial charge is 0.478 e. The normalized spacial score (nSPS) is 10.7. The van der Waals surface area contributed by atoms with Gasteiger partial charge >= 0.3 is 5.97 Å². The maximum Gasteiger partial charge on any atom is 0.328 e. The number of carbonyl (C=O) groups is 1. The topological polar surface area (TPSA) is 50.2 Å². The van der Waals surface area contributed by atoms with Crippen LogP contribution in [0.15, 0.2) is 48.8 Å². The number of hydrogen-bond donors (Lipinski definition) is 1. The molecule has 90 valence electrons. The van der Waals surface area contributed by atoms with Crippen LogP contribution in [0.3, 0.4) is 0 Å². The Morgan fingerprint density at radius 2 is 2.11 bits per heavy atom. The Morgan fingerprint density at radius 1 is 1.28 bits per heavy atom. The van der Waals surface area contributed by atoms with E-state index in [1.54, 1.807) is 24.5 Å². The van der Waals surface area contributed by atoms with Gasteiger partial charge < -0.3 is 5.11 Å². The first-order valence-corrected chi connectivity index (χ1v) is 5.28. The molecule has 18 heavy (non-hydrogen) atoms. The van der Waals surface area contributed by atoms with E-state index in [-0.39, 0.29) is 5.56 Å². The number of aromatic nitrogens is 1. The second-order valence-electron chi connectivity index (χ2n) is 3.65. The summed E-state index contributed by atoms with van der Waals surface area (Å²) in [7, 11) is 0. The fourth-order valence-electron chi connectivity index (χ4n) is 1.54. The van der Waals surface area contributed by atoms with Gasteiger partial charge in [0.1, 0.15) is 5.82 Å². The van der Waals surface area contributed by atoms with Crippen LogP contribution in [0.4, 0.5) is 4.39 Å². The quantitative estimate of drug-likeness (QED) is 0.843. The lowest BCUT2D eigenvalue weighted by molar-refractivity contribution is -0.131. The van der Waals surface area contributed by atoms with E-state index in [0.717, 1.165) is 11.6 Å². The van der Waals surface area contributed by atoms with E-state index >= 15 is 0 Å². The fraction of sp³-hybridized carbons (Fsp3) is 0. The molecule has 0 radical (unpaired) electrons. The first-order valence-electron chi connectivity index (χ1n) is 5.28. The number of nitrogens with zero attached hydrogens (tertiary/aromatic N) is 1. The molecule has 0 saturated carbocycles. The molecule has 3 nitrogen and oxygen atoms in total. The van der Waals surface area contributed by atoms with Gasteiger partial charge in [0.2, 0.25) is 0 Å². The van der Waals surface area contributed by atoms with Crippen molar-refractivity contribution in [1.82, 2.24) is 4.98 Å². The van der Waals surface area contributed by atoms with Gasteiger partial charge in [-0.1, -0.05) is 18.2 Å². The van der Waals surface area contributed by atoms with Crippen molar-refractivity contribution in [1.29, 1.82) is 0 Å². The van der Waals surface area contributed by atoms with Gasteiger partial charge in [-0.05, 0) is 23.8 Å². The molecular formula is C14H10FNO2. The molecule has 0 aliphatic heterocycles. The number of halogens is 1. The van der Waals surface area contributed by atoms with Crippen LogP contribution in [0.25, 0.3) is 17.2 Å². The molecule has 0 amide bonds. The molecule has 0 fully saturated rings. The third-order valence-corrected chi connectivity index (χ3v) is 2.40. The van der Waals surface area contributed by atoms with Gasteiger partial charge in [0.25, 0.3) is 0 Å². The summed E-state index contributed by atoms with van der Waals surface area (Å²) in [4.78, 5) is 14.3. The van der Waals surface area contributed by atoms with Crippen LogP contribution in [-0.4, -0.2) is 16.1 Å². The van der Waals surface area contributed by atoms with Gasteiger partial charge in [0.15, 0.2) is 0 Å². The molecule has 0 aliphatic carbocycles. The lowest BCUT2D eigenvalue weighted by Crippen LogP contribution is -1.89. The highest BCUT2D eigenvalue weighted by atomic mass is 19.1. The maximum absolute atomic E-state index is 13.7. The number of benzene rings is 1. The van der Waals surface area contributed by atoms with Crippen molar-refractivity contribution in [2.24, 2.45) is 0 Å². The minimum absolute atomic E-state index is 0.241. The molecule has 0 spiro atoms. The number of carboxylic acid groups (broad SMARTS) is 1. The lowest BCUT2D eigenvalue weighted by atomic mass is 10.0. The predicted octanol–water partition coefficient (Wildman–Crippen LogP) is 2.99. The van der Waals surface area contributed by atoms with Crippen molar-refractivity contribution < 1.29 is 14.3 Å². The number of carboxylic acids is 1. The standard InChI is InChI=1S/C14H10FNO2/c15-13-8-11(12-2-1-7-16-9-12)4-3-10(13)5-6-14(17)18/h1-9H,(H,17,18). The Kier molecular flexibility index (Phi) is 3.48. The molecule has 1 heterocycles. The summed E-state index contributed by atoms with van der Waals surface area (Å²) in [6, 6.07) is 8.22. The zero-order valence-corrected chi connectivity index (χ0v) is 9.38. The number of rotatable bonds is 3. The number of hydrogen-bond acceptors (Lipinski definition) is 2. The van der Waals surface area contributed by atoms with Crippen molar-refractivity contribution in [2.75, 3.05) is 0 Å². The Bertz CT molecular complexity index is 594. The van der Waals surface area contributed by atoms with Crippen LogP contribution < -0.4 is 0 Å². The molecule has 4 heteroatoms. The first-order chi connectivity index (χ1) is 8.66. The molecule has 0 saturated heterocycles. The summed E-state index contributed by atoms with van der Waals surface area (Å²) < 4.78 is 13.7. The van der Waals surface area contributed by atoms with Gasteiger partial charge in [0.05, 0.1) is 0 Å². The van der Waals surface area contributed by atoms with Crippen LogP contribution in [-0.2, 0) is 4.79 Å². The molecule has 2 aromatic rings. The molecular weight excluding hydrogens is 233 g/mol. The van der Waals surface area contributed by atoms with Gasteiger partial charge in [-0.25, -0.2) is 9.18 Å². The van der Waals surface area contributed by atoms with Crippen molar-refractivity contribution in [3.8, 4) is 11.1 Å². The fourth-order valence-corrected chi connectivity index (χ4v) is 1.54. The maximum atomic E-state index is 13.7. The zero-order valence-electron chi connectivity index (χ0n) is 9.38. The van der Waals surface area contributed by atoms with Crippen LogP contribution in [0, 0.1) is 5.82 Å². The summed E-state index contributed by atoms with van der Waals surface area (Å²) in [5.74, 6) is -1.57. The molecule has 0 atom stereocenters. The average Bonchev–Trinajstić information content (AvgIpc) is 2.38. The Morgan fingerprint density at radius 3 is 2.72 bits per heavy atom. The molecule has 0 aliphatic rings. The van der Waals surface area contributed by atoms with Crippen molar-refractivity contribution >= 4 is 12.0 Å². The summed E-state index contributed by atoms with van der Waals surface area (Å²) in [6.45, 7) is 0. The van der Waals surface area contributed by atoms with Crippen molar-refractivity contribution in [3.05, 3.63) is 60.2 Å². The van der Waals surface area contributed by atoms with Crippen LogP contribution in [0.5, 0.6) is 0 Å². The second kappa shape index (κ2) is 5.23. The SMILES string of the molecule is O=C(O)C=Cc1ccc(-c2cccnc2)cc1F. The Balaban J connectivity index is 2.34. The average molecular weight is 243 g/mol. The summed E-state index contributed by atoms with van der Waals surface area (Å²) in [5, 5.41) is 8.48. The molecule has 2 rings (SSSR count). The Hall–Kier alpha value is -2.49. The van der Waals surface area contributed by atoms with Gasteiger partial charge in [-0.2, -0.15) is 0 Å². The minimum atomic E-state index is -1.11. The van der Waals surface area contributed by atoms with E-state index in [2.05, 4.69) is 4.98 Å². The molecule has 1 N–H and O–H groups in total. The van der Waals surface area contributed by atoms with E-state index in [0.29, 0.717) is 5.56 Å². The molecule has 1 aromatic carbocycles. The highest BCUT2D eigenvalue weighted by molar-refractivity contribution is 5.85. The second-order valence-corrected chi connectivity index (χ2v) is 3.65. The molecule has 0 bridgehead atoms. The Labute approximate surface area is 103 Å². The highest BCUT2D eigenvalue weighted by Crippen LogP contribution is 2.21. The predicted molar refractivity (Wildman–Crippen MR) is 66.3 cm³/mol. The van der Waals surface area contributed by atoms with Crippen molar-refractivity contribution in [3.63, 3.8) is 0 Å². The minimum Gasteiger partial charge on any atom is -0.478 e. The van der Waals surface area contributed by atoms with Gasteiger partial charge in [-0.15, -0.1) is 0 Å². The van der Waals surface area contributed by atoms with Crippen LogP contribution >= 0.6 is 0 Å². The summed E-state index contributed by atoms with van der Waals surface area (Å²) in [5.41, 5.74) is 1.75. The van der Waals surface area contributed by atoms with Gasteiger partial charge in [0, 0.05) is 29.6 Å². The third-order valence-electron chi connectivity index (χ3n) is 2.40. The zero-order chi connectivity index (χ0) is 13.0. The summed E-state index contributed by atoms with van der Waals surface area (Å²) >= 11 is 0. The van der Waals surface area contributed by atoms with Crippen LogP contribution in [0.2, 0.25) is 0 Å². The third kappa shape index (κ3) is 2.79. The number of pyridine rings is 1. The van der Waals surface area contributed by atoms with E-state index in [9.17, 15) is 9.18 Å². The molecule has 0 unspecified atom stereocenters. The monoisotopic (exact) mass is 243 g/mol. The lowest BCUT2D eigenvalue weighted by Gasteiger charge is -2.03. The molecule has 1 aromatic heterocycles. The van der Waals surface area contributed by atoms with E-state index < -0.39 is 11.8 Å². The van der Waals surface area contributed by atoms with E-state index in [4.69, 9.17) is 5.11 Å². The summed E-state index contributed by atoms with van der Waals surface area (Å²) in [6.07, 6.45) is 5.41. The van der Waals surface area contributed by atoms with E-state index in [1.807, 2.05) is 6.07 Å². The highest BCUT2D eigenvalue weighted by Gasteiger charge is 2.03. The first kappa shape index (κ1) is 12.0. The van der Waals surface area contributed by atoms with Gasteiger partial charge in [-0.3, -0.25) is 4.98 Å².